The molecule has 1 heterocycles. The Morgan fingerprint density at radius 2 is 1.70 bits per heavy atom. The fourth-order valence-corrected chi connectivity index (χ4v) is 2.79. The molecule has 1 aromatic heterocycles. The second-order valence-electron chi connectivity index (χ2n) is 6.03. The number of anilines is 5. The van der Waals surface area contributed by atoms with Gasteiger partial charge in [0.15, 0.2) is 0 Å². The molecular formula is C19H17ClN6O4. The van der Waals surface area contributed by atoms with Crippen LogP contribution in [0.25, 0.3) is 0 Å². The SMILES string of the molecule is COc1ccc(Cl)cc1Nc1ncnc(Nc2ccc(NC(C)=O)cc2)c1[N+](=O)[O-]. The van der Waals surface area contributed by atoms with Gasteiger partial charge < -0.3 is 20.7 Å². The van der Waals surface area contributed by atoms with E-state index in [1.54, 1.807) is 42.5 Å². The molecule has 0 bridgehead atoms. The van der Waals surface area contributed by atoms with Crippen molar-refractivity contribution in [2.45, 2.75) is 6.92 Å². The summed E-state index contributed by atoms with van der Waals surface area (Å²) in [6.07, 6.45) is 1.19. The molecule has 0 atom stereocenters. The number of rotatable bonds is 7. The quantitative estimate of drug-likeness (QED) is 0.370. The first-order valence-electron chi connectivity index (χ1n) is 8.62. The van der Waals surface area contributed by atoms with Crippen molar-refractivity contribution in [2.24, 2.45) is 0 Å². The van der Waals surface area contributed by atoms with Crippen LogP contribution in [0.4, 0.5) is 34.4 Å². The number of hydrogen-bond acceptors (Lipinski definition) is 8. The summed E-state index contributed by atoms with van der Waals surface area (Å²) in [5.74, 6) is 0.198. The van der Waals surface area contributed by atoms with E-state index in [0.29, 0.717) is 27.8 Å². The summed E-state index contributed by atoms with van der Waals surface area (Å²) in [4.78, 5) is 30.3. The number of nitrogens with one attached hydrogen (secondary N) is 3. The molecule has 154 valence electrons. The first-order chi connectivity index (χ1) is 14.4. The second kappa shape index (κ2) is 9.05. The Morgan fingerprint density at radius 1 is 1.07 bits per heavy atom. The van der Waals surface area contributed by atoms with E-state index in [1.165, 1.54) is 20.4 Å². The maximum Gasteiger partial charge on any atom is 0.353 e. The number of carbonyl (C=O) groups is 1. The van der Waals surface area contributed by atoms with E-state index in [1.807, 2.05) is 0 Å². The van der Waals surface area contributed by atoms with Gasteiger partial charge in [0.05, 0.1) is 17.7 Å². The molecule has 0 aliphatic rings. The fourth-order valence-electron chi connectivity index (χ4n) is 2.62. The van der Waals surface area contributed by atoms with E-state index >= 15 is 0 Å². The van der Waals surface area contributed by atoms with Gasteiger partial charge in [0.1, 0.15) is 12.1 Å². The van der Waals surface area contributed by atoms with Gasteiger partial charge in [-0.05, 0) is 42.5 Å². The molecule has 2 aromatic carbocycles. The van der Waals surface area contributed by atoms with Crippen molar-refractivity contribution in [1.82, 2.24) is 9.97 Å². The van der Waals surface area contributed by atoms with Crippen molar-refractivity contribution >= 4 is 51.9 Å². The van der Waals surface area contributed by atoms with Gasteiger partial charge in [0.2, 0.25) is 17.5 Å². The largest absolute Gasteiger partial charge is 0.495 e. The number of ether oxygens (including phenoxy) is 1. The summed E-state index contributed by atoms with van der Waals surface area (Å²) in [5.41, 5.74) is 1.20. The van der Waals surface area contributed by atoms with Gasteiger partial charge in [-0.1, -0.05) is 11.6 Å². The smallest absolute Gasteiger partial charge is 0.353 e. The fraction of sp³-hybridized carbons (Fsp3) is 0.105. The van der Waals surface area contributed by atoms with Crippen LogP contribution in [-0.2, 0) is 4.79 Å². The lowest BCUT2D eigenvalue weighted by molar-refractivity contribution is -0.383. The van der Waals surface area contributed by atoms with E-state index in [4.69, 9.17) is 16.3 Å². The molecule has 0 aliphatic carbocycles. The van der Waals surface area contributed by atoms with Gasteiger partial charge in [0.25, 0.3) is 0 Å². The monoisotopic (exact) mass is 428 g/mol. The van der Waals surface area contributed by atoms with Gasteiger partial charge in [0, 0.05) is 23.3 Å². The van der Waals surface area contributed by atoms with Crippen molar-refractivity contribution < 1.29 is 14.5 Å². The molecule has 3 rings (SSSR count). The van der Waals surface area contributed by atoms with Crippen molar-refractivity contribution in [2.75, 3.05) is 23.1 Å². The van der Waals surface area contributed by atoms with E-state index in [2.05, 4.69) is 25.9 Å². The predicted molar refractivity (Wildman–Crippen MR) is 114 cm³/mol. The average Bonchev–Trinajstić information content (AvgIpc) is 2.69. The third-order valence-corrected chi connectivity index (χ3v) is 4.12. The van der Waals surface area contributed by atoms with Crippen LogP contribution < -0.4 is 20.7 Å². The highest BCUT2D eigenvalue weighted by Crippen LogP contribution is 2.36. The van der Waals surface area contributed by atoms with Gasteiger partial charge in [-0.2, -0.15) is 0 Å². The number of nitrogens with zero attached hydrogens (tertiary/aromatic N) is 3. The number of hydrogen-bond donors (Lipinski definition) is 3. The van der Waals surface area contributed by atoms with Crippen LogP contribution in [0.5, 0.6) is 5.75 Å². The van der Waals surface area contributed by atoms with Crippen molar-refractivity contribution in [1.29, 1.82) is 0 Å². The average molecular weight is 429 g/mol. The summed E-state index contributed by atoms with van der Waals surface area (Å²) in [6, 6.07) is 11.5. The summed E-state index contributed by atoms with van der Waals surface area (Å²) in [7, 11) is 1.47. The van der Waals surface area contributed by atoms with Crippen LogP contribution in [0.1, 0.15) is 6.92 Å². The number of nitro groups is 1. The van der Waals surface area contributed by atoms with Crippen molar-refractivity contribution in [3.63, 3.8) is 0 Å². The topological polar surface area (TPSA) is 131 Å². The van der Waals surface area contributed by atoms with Crippen LogP contribution in [0, 0.1) is 10.1 Å². The number of halogens is 1. The van der Waals surface area contributed by atoms with Crippen molar-refractivity contribution in [3.8, 4) is 5.75 Å². The number of benzene rings is 2. The predicted octanol–water partition coefficient (Wildman–Crippen LogP) is 4.49. The minimum atomic E-state index is -0.590. The molecule has 3 aromatic rings. The lowest BCUT2D eigenvalue weighted by atomic mass is 10.2. The highest BCUT2D eigenvalue weighted by Gasteiger charge is 2.24. The van der Waals surface area contributed by atoms with Gasteiger partial charge in [-0.3, -0.25) is 14.9 Å². The molecule has 0 aliphatic heterocycles. The first kappa shape index (κ1) is 20.8. The minimum Gasteiger partial charge on any atom is -0.495 e. The molecule has 0 fully saturated rings. The van der Waals surface area contributed by atoms with Crippen molar-refractivity contribution in [3.05, 3.63) is 63.9 Å². The van der Waals surface area contributed by atoms with E-state index < -0.39 is 4.92 Å². The Hall–Kier alpha value is -3.92. The molecular weight excluding hydrogens is 412 g/mol. The number of methoxy groups -OCH3 is 1. The summed E-state index contributed by atoms with van der Waals surface area (Å²) < 4.78 is 5.26. The molecule has 30 heavy (non-hydrogen) atoms. The third kappa shape index (κ3) is 4.92. The minimum absolute atomic E-state index is 0.00854. The van der Waals surface area contributed by atoms with Gasteiger partial charge in [-0.15, -0.1) is 0 Å². The zero-order valence-electron chi connectivity index (χ0n) is 16.0. The molecule has 3 N–H and O–H groups in total. The maximum atomic E-state index is 11.8. The highest BCUT2D eigenvalue weighted by atomic mass is 35.5. The van der Waals surface area contributed by atoms with Crippen LogP contribution >= 0.6 is 11.6 Å². The van der Waals surface area contributed by atoms with E-state index in [0.717, 1.165) is 0 Å². The van der Waals surface area contributed by atoms with E-state index in [-0.39, 0.29) is 23.2 Å². The number of aromatic nitrogens is 2. The maximum absolute atomic E-state index is 11.8. The Labute approximate surface area is 176 Å². The highest BCUT2D eigenvalue weighted by molar-refractivity contribution is 6.31. The molecule has 11 heteroatoms. The third-order valence-electron chi connectivity index (χ3n) is 3.89. The number of carbonyl (C=O) groups excluding carboxylic acids is 1. The summed E-state index contributed by atoms with van der Waals surface area (Å²) in [6.45, 7) is 1.40. The Bertz CT molecular complexity index is 1090. The standard InChI is InChI=1S/C19H17ClN6O4/c1-11(27)23-13-4-6-14(7-5-13)24-18-17(26(28)29)19(22-10-21-18)25-15-9-12(20)3-8-16(15)30-2/h3-10H,1-2H3,(H,23,27)(H2,21,22,24,25). The zero-order valence-corrected chi connectivity index (χ0v) is 16.7. The molecule has 0 radical (unpaired) electrons. The molecule has 0 saturated carbocycles. The van der Waals surface area contributed by atoms with Crippen LogP contribution in [-0.4, -0.2) is 27.9 Å². The second-order valence-corrected chi connectivity index (χ2v) is 6.47. The summed E-state index contributed by atoms with van der Waals surface area (Å²) in [5, 5.41) is 20.6. The van der Waals surface area contributed by atoms with Gasteiger partial charge in [-0.25, -0.2) is 9.97 Å². The first-order valence-corrected chi connectivity index (χ1v) is 9.00. The van der Waals surface area contributed by atoms with Crippen LogP contribution in [0.3, 0.4) is 0 Å². The molecule has 0 unspecified atom stereocenters. The Balaban J connectivity index is 1.93. The molecule has 0 spiro atoms. The Kier molecular flexibility index (Phi) is 6.28. The summed E-state index contributed by atoms with van der Waals surface area (Å²) >= 11 is 6.02. The molecule has 10 nitrogen and oxygen atoms in total. The van der Waals surface area contributed by atoms with E-state index in [9.17, 15) is 14.9 Å². The van der Waals surface area contributed by atoms with Crippen LogP contribution in [0.2, 0.25) is 5.02 Å². The molecule has 1 amide bonds. The van der Waals surface area contributed by atoms with Gasteiger partial charge >= 0.3 is 5.69 Å². The molecule has 0 saturated heterocycles. The Morgan fingerprint density at radius 3 is 2.30 bits per heavy atom. The lowest BCUT2D eigenvalue weighted by Crippen LogP contribution is -2.07. The lowest BCUT2D eigenvalue weighted by Gasteiger charge is -2.13. The normalized spacial score (nSPS) is 10.2. The number of amides is 1. The van der Waals surface area contributed by atoms with Crippen LogP contribution in [0.15, 0.2) is 48.8 Å². The zero-order chi connectivity index (χ0) is 21.7.